The van der Waals surface area contributed by atoms with Gasteiger partial charge in [-0.1, -0.05) is 30.3 Å². The third kappa shape index (κ3) is 3.80. The highest BCUT2D eigenvalue weighted by Gasteiger charge is 2.34. The second-order valence-corrected chi connectivity index (χ2v) is 6.76. The monoisotopic (exact) mass is 388 g/mol. The van der Waals surface area contributed by atoms with Gasteiger partial charge in [-0.05, 0) is 17.7 Å². The van der Waals surface area contributed by atoms with Crippen molar-refractivity contribution < 1.29 is 23.8 Å². The van der Waals surface area contributed by atoms with Crippen molar-refractivity contribution in [2.24, 2.45) is 0 Å². The molecule has 0 unspecified atom stereocenters. The highest BCUT2D eigenvalue weighted by Crippen LogP contribution is 2.39. The number of hydrazine groups is 1. The van der Waals surface area contributed by atoms with Crippen molar-refractivity contribution in [3.63, 3.8) is 0 Å². The summed E-state index contributed by atoms with van der Waals surface area (Å²) in [6.07, 6.45) is 0. The number of hydrogen-bond donors (Lipinski definition) is 1. The minimum absolute atomic E-state index is 0.158. The molecule has 1 fully saturated rings. The SMILES string of the molecule is COc1cc(C(=O)NN2C(=O)CS[C@@H]2c2ccccc2)cc(OC)c1OC. The Morgan fingerprint density at radius 3 is 2.26 bits per heavy atom. The van der Waals surface area contributed by atoms with Crippen molar-refractivity contribution in [3.05, 3.63) is 53.6 Å². The number of ether oxygens (including phenoxy) is 3. The summed E-state index contributed by atoms with van der Waals surface area (Å²) in [5.41, 5.74) is 3.94. The lowest BCUT2D eigenvalue weighted by Gasteiger charge is -2.25. The van der Waals surface area contributed by atoms with Crippen LogP contribution in [0.4, 0.5) is 0 Å². The van der Waals surface area contributed by atoms with Crippen LogP contribution in [-0.4, -0.2) is 43.9 Å². The van der Waals surface area contributed by atoms with Crippen molar-refractivity contribution in [1.29, 1.82) is 0 Å². The van der Waals surface area contributed by atoms with Crippen molar-refractivity contribution >= 4 is 23.6 Å². The van der Waals surface area contributed by atoms with Gasteiger partial charge in [-0.25, -0.2) is 5.01 Å². The molecular weight excluding hydrogens is 368 g/mol. The van der Waals surface area contributed by atoms with E-state index in [-0.39, 0.29) is 11.3 Å². The summed E-state index contributed by atoms with van der Waals surface area (Å²) < 4.78 is 15.8. The number of hydrogen-bond acceptors (Lipinski definition) is 6. The molecule has 27 heavy (non-hydrogen) atoms. The maximum absolute atomic E-state index is 12.8. The predicted molar refractivity (Wildman–Crippen MR) is 102 cm³/mol. The van der Waals surface area contributed by atoms with E-state index in [2.05, 4.69) is 5.43 Å². The van der Waals surface area contributed by atoms with Gasteiger partial charge in [0, 0.05) is 5.56 Å². The number of carbonyl (C=O) groups excluding carboxylic acids is 2. The second kappa shape index (κ2) is 8.22. The second-order valence-electron chi connectivity index (χ2n) is 5.69. The smallest absolute Gasteiger partial charge is 0.270 e. The lowest BCUT2D eigenvalue weighted by Crippen LogP contribution is -2.44. The molecule has 2 amide bonds. The normalized spacial score (nSPS) is 16.2. The number of nitrogens with zero attached hydrogens (tertiary/aromatic N) is 1. The average molecular weight is 388 g/mol. The highest BCUT2D eigenvalue weighted by atomic mass is 32.2. The van der Waals surface area contributed by atoms with Crippen molar-refractivity contribution in [3.8, 4) is 17.2 Å². The fourth-order valence-corrected chi connectivity index (χ4v) is 3.90. The van der Waals surface area contributed by atoms with Gasteiger partial charge in [0.2, 0.25) is 5.75 Å². The Bertz CT molecular complexity index is 818. The largest absolute Gasteiger partial charge is 0.493 e. The molecule has 1 aliphatic rings. The van der Waals surface area contributed by atoms with E-state index >= 15 is 0 Å². The minimum Gasteiger partial charge on any atom is -0.493 e. The van der Waals surface area contributed by atoms with Gasteiger partial charge in [0.05, 0.1) is 27.1 Å². The van der Waals surface area contributed by atoms with Crippen LogP contribution in [0.1, 0.15) is 21.3 Å². The fraction of sp³-hybridized carbons (Fsp3) is 0.263. The molecule has 1 atom stereocenters. The first-order chi connectivity index (χ1) is 13.1. The minimum atomic E-state index is -0.439. The van der Waals surface area contributed by atoms with Crippen molar-refractivity contribution in [2.45, 2.75) is 5.37 Å². The molecule has 3 rings (SSSR count). The summed E-state index contributed by atoms with van der Waals surface area (Å²) in [5.74, 6) is 0.828. The zero-order valence-electron chi connectivity index (χ0n) is 15.2. The zero-order valence-corrected chi connectivity index (χ0v) is 16.0. The Labute approximate surface area is 161 Å². The van der Waals surface area contributed by atoms with E-state index in [0.29, 0.717) is 28.6 Å². The molecule has 0 spiro atoms. The summed E-state index contributed by atoms with van der Waals surface area (Å²) in [4.78, 5) is 25.1. The van der Waals surface area contributed by atoms with Gasteiger partial charge in [-0.3, -0.25) is 15.0 Å². The van der Waals surface area contributed by atoms with Crippen molar-refractivity contribution in [2.75, 3.05) is 27.1 Å². The topological polar surface area (TPSA) is 77.1 Å². The molecule has 8 heteroatoms. The van der Waals surface area contributed by atoms with Crippen LogP contribution in [0.2, 0.25) is 0 Å². The van der Waals surface area contributed by atoms with Crippen LogP contribution in [0, 0.1) is 0 Å². The molecule has 0 saturated carbocycles. The first-order valence-electron chi connectivity index (χ1n) is 8.18. The molecule has 0 radical (unpaired) electrons. The van der Waals surface area contributed by atoms with E-state index in [4.69, 9.17) is 14.2 Å². The molecule has 2 aromatic carbocycles. The van der Waals surface area contributed by atoms with Crippen LogP contribution in [0.3, 0.4) is 0 Å². The van der Waals surface area contributed by atoms with Crippen molar-refractivity contribution in [1.82, 2.24) is 10.4 Å². The third-order valence-corrected chi connectivity index (χ3v) is 5.31. The maximum Gasteiger partial charge on any atom is 0.270 e. The number of amides is 2. The predicted octanol–water partition coefficient (Wildman–Crippen LogP) is 2.63. The Kier molecular flexibility index (Phi) is 5.75. The quantitative estimate of drug-likeness (QED) is 0.820. The van der Waals surface area contributed by atoms with Crippen LogP contribution in [0.15, 0.2) is 42.5 Å². The average Bonchev–Trinajstić information content (AvgIpc) is 3.07. The molecule has 1 aliphatic heterocycles. The Morgan fingerprint density at radius 2 is 1.70 bits per heavy atom. The summed E-state index contributed by atoms with van der Waals surface area (Å²) in [7, 11) is 4.45. The molecule has 0 aliphatic carbocycles. The van der Waals surface area contributed by atoms with Crippen LogP contribution >= 0.6 is 11.8 Å². The summed E-state index contributed by atoms with van der Waals surface area (Å²) >= 11 is 1.46. The van der Waals surface area contributed by atoms with Gasteiger partial charge >= 0.3 is 0 Å². The third-order valence-electron chi connectivity index (χ3n) is 4.10. The van der Waals surface area contributed by atoms with Gasteiger partial charge in [0.15, 0.2) is 11.5 Å². The van der Waals surface area contributed by atoms with E-state index in [1.54, 1.807) is 12.1 Å². The first kappa shape index (κ1) is 18.9. The Balaban J connectivity index is 1.87. The maximum atomic E-state index is 12.8. The molecule has 0 bridgehead atoms. The van der Waals surface area contributed by atoms with E-state index in [9.17, 15) is 9.59 Å². The van der Waals surface area contributed by atoms with E-state index in [1.165, 1.54) is 38.1 Å². The Hall–Kier alpha value is -2.87. The van der Waals surface area contributed by atoms with Gasteiger partial charge in [0.1, 0.15) is 5.37 Å². The van der Waals surface area contributed by atoms with Gasteiger partial charge in [0.25, 0.3) is 11.8 Å². The summed E-state index contributed by atoms with van der Waals surface area (Å²) in [5, 5.41) is 1.09. The summed E-state index contributed by atoms with van der Waals surface area (Å²) in [6, 6.07) is 12.6. The van der Waals surface area contributed by atoms with Gasteiger partial charge in [-0.15, -0.1) is 11.8 Å². The molecular formula is C19H20N2O5S. The van der Waals surface area contributed by atoms with E-state index < -0.39 is 5.91 Å². The molecule has 1 heterocycles. The lowest BCUT2D eigenvalue weighted by atomic mass is 10.1. The number of rotatable bonds is 6. The van der Waals surface area contributed by atoms with Crippen LogP contribution < -0.4 is 19.6 Å². The zero-order chi connectivity index (χ0) is 19.4. The number of benzene rings is 2. The Morgan fingerprint density at radius 1 is 1.07 bits per heavy atom. The van der Waals surface area contributed by atoms with E-state index in [1.807, 2.05) is 30.3 Å². The number of methoxy groups -OCH3 is 3. The molecule has 1 N–H and O–H groups in total. The van der Waals surface area contributed by atoms with Crippen LogP contribution in [0.5, 0.6) is 17.2 Å². The van der Waals surface area contributed by atoms with Gasteiger partial charge < -0.3 is 14.2 Å². The number of nitrogens with one attached hydrogen (secondary N) is 1. The molecule has 2 aromatic rings. The van der Waals surface area contributed by atoms with Crippen LogP contribution in [-0.2, 0) is 4.79 Å². The molecule has 0 aromatic heterocycles. The number of thioether (sulfide) groups is 1. The summed E-state index contributed by atoms with van der Waals surface area (Å²) in [6.45, 7) is 0. The standard InChI is InChI=1S/C19H20N2O5S/c1-24-14-9-13(10-15(25-2)17(14)26-3)18(23)20-21-16(22)11-27-19(21)12-7-5-4-6-8-12/h4-10,19H,11H2,1-3H3,(H,20,23)/t19-/m1/s1. The van der Waals surface area contributed by atoms with Crippen LogP contribution in [0.25, 0.3) is 0 Å². The highest BCUT2D eigenvalue weighted by molar-refractivity contribution is 8.00. The molecule has 7 nitrogen and oxygen atoms in total. The molecule has 142 valence electrons. The van der Waals surface area contributed by atoms with Gasteiger partial charge in [-0.2, -0.15) is 0 Å². The lowest BCUT2D eigenvalue weighted by molar-refractivity contribution is -0.130. The first-order valence-corrected chi connectivity index (χ1v) is 9.23. The van der Waals surface area contributed by atoms with E-state index in [0.717, 1.165) is 5.56 Å². The fourth-order valence-electron chi connectivity index (χ4n) is 2.80. The number of carbonyl (C=O) groups is 2. The molecule has 1 saturated heterocycles.